The Morgan fingerprint density at radius 1 is 1.47 bits per heavy atom. The Morgan fingerprint density at radius 3 is 2.65 bits per heavy atom. The van der Waals surface area contributed by atoms with Crippen molar-refractivity contribution in [3.05, 3.63) is 28.2 Å². The molecule has 1 aromatic rings. The van der Waals surface area contributed by atoms with Crippen LogP contribution in [-0.2, 0) is 4.79 Å². The van der Waals surface area contributed by atoms with Gasteiger partial charge < -0.3 is 11.1 Å². The minimum atomic E-state index is -0.445. The van der Waals surface area contributed by atoms with E-state index in [1.54, 1.807) is 0 Å². The number of hydrogen-bond donors (Lipinski definition) is 2. The first kappa shape index (κ1) is 14.2. The maximum Gasteiger partial charge on any atom is 0.230 e. The summed E-state index contributed by atoms with van der Waals surface area (Å²) >= 11 is 3.44. The first-order valence-electron chi connectivity index (χ1n) is 5.64. The summed E-state index contributed by atoms with van der Waals surface area (Å²) in [6.45, 7) is 6.32. The highest BCUT2D eigenvalue weighted by molar-refractivity contribution is 9.10. The third-order valence-electron chi connectivity index (χ3n) is 2.76. The molecule has 3 nitrogen and oxygen atoms in total. The van der Waals surface area contributed by atoms with Crippen LogP contribution in [-0.4, -0.2) is 12.5 Å². The molecule has 94 valence electrons. The molecule has 0 aliphatic rings. The van der Waals surface area contributed by atoms with E-state index in [1.807, 2.05) is 39.0 Å². The average molecular weight is 299 g/mol. The molecule has 1 rings (SSSR count). The fraction of sp³-hybridized carbons (Fsp3) is 0.462. The normalized spacial score (nSPS) is 11.4. The highest BCUT2D eigenvalue weighted by Gasteiger charge is 2.26. The second-order valence-electron chi connectivity index (χ2n) is 4.86. The molecule has 0 saturated heterocycles. The molecule has 0 aromatic heterocycles. The maximum atomic E-state index is 12.1. The minimum absolute atomic E-state index is 0.00694. The van der Waals surface area contributed by atoms with Gasteiger partial charge in [0.2, 0.25) is 5.91 Å². The second-order valence-corrected chi connectivity index (χ2v) is 5.71. The molecule has 0 atom stereocenters. The number of benzene rings is 1. The van der Waals surface area contributed by atoms with Crippen molar-refractivity contribution in [2.45, 2.75) is 27.2 Å². The van der Waals surface area contributed by atoms with Crippen LogP contribution in [0.25, 0.3) is 0 Å². The molecule has 1 aromatic carbocycles. The van der Waals surface area contributed by atoms with Crippen molar-refractivity contribution in [3.8, 4) is 0 Å². The molecular formula is C13H19BrN2O. The Bertz CT molecular complexity index is 416. The quantitative estimate of drug-likeness (QED) is 0.897. The van der Waals surface area contributed by atoms with Crippen molar-refractivity contribution in [1.29, 1.82) is 0 Å². The van der Waals surface area contributed by atoms with E-state index in [0.717, 1.165) is 15.7 Å². The summed E-state index contributed by atoms with van der Waals surface area (Å²) in [5, 5.41) is 2.92. The van der Waals surface area contributed by atoms with Crippen LogP contribution >= 0.6 is 15.9 Å². The monoisotopic (exact) mass is 298 g/mol. The van der Waals surface area contributed by atoms with E-state index in [0.29, 0.717) is 13.0 Å². The zero-order chi connectivity index (χ0) is 13.1. The largest absolute Gasteiger partial charge is 0.330 e. The molecule has 0 spiro atoms. The lowest BCUT2D eigenvalue weighted by Crippen LogP contribution is -2.32. The zero-order valence-electron chi connectivity index (χ0n) is 10.5. The van der Waals surface area contributed by atoms with Gasteiger partial charge in [0, 0.05) is 9.89 Å². The van der Waals surface area contributed by atoms with Gasteiger partial charge in [0.1, 0.15) is 0 Å². The predicted octanol–water partition coefficient (Wildman–Crippen LogP) is 3.07. The molecule has 4 heteroatoms. The van der Waals surface area contributed by atoms with Gasteiger partial charge in [-0.05, 0) is 53.5 Å². The van der Waals surface area contributed by atoms with Crippen molar-refractivity contribution in [2.24, 2.45) is 11.1 Å². The van der Waals surface area contributed by atoms with Crippen LogP contribution < -0.4 is 11.1 Å². The van der Waals surface area contributed by atoms with Crippen LogP contribution in [0.5, 0.6) is 0 Å². The summed E-state index contributed by atoms with van der Waals surface area (Å²) in [4.78, 5) is 12.1. The topological polar surface area (TPSA) is 55.1 Å². The van der Waals surface area contributed by atoms with Crippen LogP contribution in [0.1, 0.15) is 25.8 Å². The van der Waals surface area contributed by atoms with Gasteiger partial charge >= 0.3 is 0 Å². The van der Waals surface area contributed by atoms with Crippen LogP contribution in [0.15, 0.2) is 22.7 Å². The number of carbonyl (C=O) groups is 1. The van der Waals surface area contributed by atoms with Crippen molar-refractivity contribution < 1.29 is 4.79 Å². The van der Waals surface area contributed by atoms with Gasteiger partial charge in [0.05, 0.1) is 5.69 Å². The first-order valence-corrected chi connectivity index (χ1v) is 6.44. The Labute approximate surface area is 111 Å². The number of aryl methyl sites for hydroxylation is 1. The Morgan fingerprint density at radius 2 is 2.12 bits per heavy atom. The van der Waals surface area contributed by atoms with Crippen LogP contribution in [0.3, 0.4) is 0 Å². The molecule has 3 N–H and O–H groups in total. The van der Waals surface area contributed by atoms with Crippen LogP contribution in [0.4, 0.5) is 5.69 Å². The van der Waals surface area contributed by atoms with Crippen molar-refractivity contribution in [1.82, 2.24) is 0 Å². The number of anilines is 1. The average Bonchev–Trinajstić information content (AvgIpc) is 2.22. The number of amides is 1. The lowest BCUT2D eigenvalue weighted by molar-refractivity contribution is -0.124. The first-order chi connectivity index (χ1) is 7.86. The van der Waals surface area contributed by atoms with Gasteiger partial charge in [-0.15, -0.1) is 0 Å². The van der Waals surface area contributed by atoms with E-state index in [9.17, 15) is 4.79 Å². The minimum Gasteiger partial charge on any atom is -0.330 e. The molecule has 0 aliphatic carbocycles. The van der Waals surface area contributed by atoms with E-state index in [1.165, 1.54) is 0 Å². The summed E-state index contributed by atoms with van der Waals surface area (Å²) in [5.41, 5.74) is 7.01. The standard InChI is InChI=1S/C13H19BrN2O/c1-9-4-5-11(10(14)8-9)16-12(17)13(2,3)6-7-15/h4-5,8H,6-7,15H2,1-3H3,(H,16,17). The Kier molecular flexibility index (Phi) is 4.71. The molecule has 0 saturated carbocycles. The molecule has 0 fully saturated rings. The fourth-order valence-electron chi connectivity index (χ4n) is 1.49. The number of hydrogen-bond acceptors (Lipinski definition) is 2. The third-order valence-corrected chi connectivity index (χ3v) is 3.41. The van der Waals surface area contributed by atoms with Gasteiger partial charge in [0.15, 0.2) is 0 Å². The number of carbonyl (C=O) groups excluding carboxylic acids is 1. The summed E-state index contributed by atoms with van der Waals surface area (Å²) in [7, 11) is 0. The summed E-state index contributed by atoms with van der Waals surface area (Å²) in [6.07, 6.45) is 0.669. The maximum absolute atomic E-state index is 12.1. The van der Waals surface area contributed by atoms with Crippen LogP contribution in [0.2, 0.25) is 0 Å². The molecule has 0 aliphatic heterocycles. The molecule has 0 unspecified atom stereocenters. The highest BCUT2D eigenvalue weighted by Crippen LogP contribution is 2.27. The Balaban J connectivity index is 2.81. The van der Waals surface area contributed by atoms with E-state index < -0.39 is 5.41 Å². The molecule has 0 heterocycles. The molecule has 0 radical (unpaired) electrons. The van der Waals surface area contributed by atoms with Gasteiger partial charge in [-0.2, -0.15) is 0 Å². The second kappa shape index (κ2) is 5.65. The van der Waals surface area contributed by atoms with Crippen LogP contribution in [0, 0.1) is 12.3 Å². The molecule has 0 bridgehead atoms. The SMILES string of the molecule is Cc1ccc(NC(=O)C(C)(C)CCN)c(Br)c1. The van der Waals surface area contributed by atoms with E-state index in [4.69, 9.17) is 5.73 Å². The molecular weight excluding hydrogens is 280 g/mol. The van der Waals surface area contributed by atoms with E-state index >= 15 is 0 Å². The van der Waals surface area contributed by atoms with Gasteiger partial charge in [0.25, 0.3) is 0 Å². The highest BCUT2D eigenvalue weighted by atomic mass is 79.9. The molecule has 17 heavy (non-hydrogen) atoms. The summed E-state index contributed by atoms with van der Waals surface area (Å²) in [5.74, 6) is -0.00694. The fourth-order valence-corrected chi connectivity index (χ4v) is 2.08. The van der Waals surface area contributed by atoms with E-state index in [2.05, 4.69) is 21.2 Å². The van der Waals surface area contributed by atoms with E-state index in [-0.39, 0.29) is 5.91 Å². The summed E-state index contributed by atoms with van der Waals surface area (Å²) < 4.78 is 0.898. The van der Waals surface area contributed by atoms with Crippen molar-refractivity contribution >= 4 is 27.5 Å². The number of halogens is 1. The lowest BCUT2D eigenvalue weighted by atomic mass is 9.88. The molecule has 1 amide bonds. The lowest BCUT2D eigenvalue weighted by Gasteiger charge is -2.23. The summed E-state index contributed by atoms with van der Waals surface area (Å²) in [6, 6.07) is 5.84. The smallest absolute Gasteiger partial charge is 0.230 e. The number of rotatable bonds is 4. The Hall–Kier alpha value is -0.870. The van der Waals surface area contributed by atoms with Gasteiger partial charge in [-0.25, -0.2) is 0 Å². The van der Waals surface area contributed by atoms with Crippen molar-refractivity contribution in [2.75, 3.05) is 11.9 Å². The number of nitrogens with one attached hydrogen (secondary N) is 1. The third kappa shape index (κ3) is 3.82. The zero-order valence-corrected chi connectivity index (χ0v) is 12.1. The van der Waals surface area contributed by atoms with Gasteiger partial charge in [-0.1, -0.05) is 19.9 Å². The number of nitrogens with two attached hydrogens (primary N) is 1. The predicted molar refractivity (Wildman–Crippen MR) is 75.0 cm³/mol. The van der Waals surface area contributed by atoms with Gasteiger partial charge in [-0.3, -0.25) is 4.79 Å². The van der Waals surface area contributed by atoms with Crippen molar-refractivity contribution in [3.63, 3.8) is 0 Å².